The number of aliphatic carboxylic acids is 1. The van der Waals surface area contributed by atoms with Crippen LogP contribution in [0.15, 0.2) is 29.2 Å². The van der Waals surface area contributed by atoms with Gasteiger partial charge in [0, 0.05) is 11.4 Å². The van der Waals surface area contributed by atoms with Gasteiger partial charge in [-0.1, -0.05) is 23.7 Å². The number of amides is 1. The third-order valence-electron chi connectivity index (χ3n) is 3.59. The second-order valence-electron chi connectivity index (χ2n) is 4.95. The van der Waals surface area contributed by atoms with Crippen molar-refractivity contribution < 1.29 is 14.7 Å². The second kappa shape index (κ2) is 6.06. The Kier molecular flexibility index (Phi) is 4.60. The van der Waals surface area contributed by atoms with Crippen molar-refractivity contribution in [3.63, 3.8) is 0 Å². The predicted molar refractivity (Wildman–Crippen MR) is 79.2 cm³/mol. The van der Waals surface area contributed by atoms with Gasteiger partial charge in [-0.25, -0.2) is 4.79 Å². The topological polar surface area (TPSA) is 57.6 Å². The first-order valence-electron chi connectivity index (χ1n) is 6.36. The Morgan fingerprint density at radius 2 is 2.15 bits per heavy atom. The van der Waals surface area contributed by atoms with Crippen LogP contribution in [0.25, 0.3) is 0 Å². The van der Waals surface area contributed by atoms with Crippen LogP contribution in [0.5, 0.6) is 0 Å². The van der Waals surface area contributed by atoms with Gasteiger partial charge < -0.3 is 10.0 Å². The van der Waals surface area contributed by atoms with Gasteiger partial charge >= 0.3 is 5.97 Å². The lowest BCUT2D eigenvalue weighted by molar-refractivity contribution is -0.154. The molecule has 1 amide bonds. The number of nitrogens with zero attached hydrogens (tertiary/aromatic N) is 1. The average molecular weight is 314 g/mol. The minimum atomic E-state index is -1.07. The molecule has 2 rings (SSSR count). The molecule has 1 aliphatic rings. The number of carbonyl (C=O) groups is 2. The lowest BCUT2D eigenvalue weighted by Gasteiger charge is -2.31. The molecule has 0 aliphatic carbocycles. The van der Waals surface area contributed by atoms with E-state index in [2.05, 4.69) is 0 Å². The summed E-state index contributed by atoms with van der Waals surface area (Å²) >= 11 is 7.37. The maximum absolute atomic E-state index is 12.2. The largest absolute Gasteiger partial charge is 0.480 e. The summed E-state index contributed by atoms with van der Waals surface area (Å²) < 4.78 is 0. The van der Waals surface area contributed by atoms with Crippen molar-refractivity contribution >= 4 is 35.2 Å². The minimum Gasteiger partial charge on any atom is -0.480 e. The maximum atomic E-state index is 12.2. The van der Waals surface area contributed by atoms with Crippen molar-refractivity contribution in [2.75, 3.05) is 12.3 Å². The van der Waals surface area contributed by atoms with Gasteiger partial charge in [0.25, 0.3) is 0 Å². The monoisotopic (exact) mass is 313 g/mol. The molecule has 1 N–H and O–H groups in total. The molecule has 1 aromatic carbocycles. The molecule has 20 heavy (non-hydrogen) atoms. The highest BCUT2D eigenvalue weighted by Gasteiger charge is 2.45. The number of carbonyl (C=O) groups excluding carboxylic acids is 1. The van der Waals surface area contributed by atoms with Gasteiger partial charge in [-0.15, -0.1) is 11.8 Å². The minimum absolute atomic E-state index is 0.155. The first-order valence-corrected chi connectivity index (χ1v) is 7.73. The number of carboxylic acid groups (broad SMARTS) is 1. The highest BCUT2D eigenvalue weighted by molar-refractivity contribution is 8.00. The van der Waals surface area contributed by atoms with E-state index in [0.29, 0.717) is 18.0 Å². The van der Waals surface area contributed by atoms with E-state index in [1.807, 2.05) is 18.2 Å². The quantitative estimate of drug-likeness (QED) is 0.868. The van der Waals surface area contributed by atoms with Crippen LogP contribution in [-0.2, 0) is 9.59 Å². The number of hydrogen-bond acceptors (Lipinski definition) is 3. The Labute approximate surface area is 127 Å². The molecule has 1 unspecified atom stereocenters. The van der Waals surface area contributed by atoms with Gasteiger partial charge in [-0.3, -0.25) is 4.79 Å². The highest BCUT2D eigenvalue weighted by atomic mass is 35.5. The molecule has 108 valence electrons. The Balaban J connectivity index is 2.02. The molecule has 0 bridgehead atoms. The fourth-order valence-corrected chi connectivity index (χ4v) is 3.48. The summed E-state index contributed by atoms with van der Waals surface area (Å²) in [7, 11) is 0. The number of rotatable bonds is 4. The summed E-state index contributed by atoms with van der Waals surface area (Å²) in [6.45, 7) is 2.12. The molecule has 1 fully saturated rings. The van der Waals surface area contributed by atoms with Crippen LogP contribution >= 0.6 is 23.4 Å². The zero-order valence-electron chi connectivity index (χ0n) is 11.1. The number of carboxylic acids is 1. The summed E-state index contributed by atoms with van der Waals surface area (Å²) in [5, 5.41) is 9.90. The Morgan fingerprint density at radius 1 is 1.45 bits per heavy atom. The Hall–Kier alpha value is -1.20. The number of hydrogen-bond donors (Lipinski definition) is 1. The maximum Gasteiger partial charge on any atom is 0.329 e. The first-order chi connectivity index (χ1) is 9.45. The molecule has 1 atom stereocenters. The molecular weight excluding hydrogens is 298 g/mol. The second-order valence-corrected chi connectivity index (χ2v) is 6.37. The Bertz CT molecular complexity index is 537. The van der Waals surface area contributed by atoms with E-state index >= 15 is 0 Å². The van der Waals surface area contributed by atoms with Crippen LogP contribution < -0.4 is 0 Å². The standard InChI is InChI=1S/C14H16ClNO3S/c1-14(13(18)19)7-4-8-16(14)12(17)9-20-11-6-3-2-5-10(11)15/h2-3,5-6H,4,7-9H2,1H3,(H,18,19). The molecule has 6 heteroatoms. The van der Waals surface area contributed by atoms with Gasteiger partial charge in [-0.2, -0.15) is 0 Å². The van der Waals surface area contributed by atoms with Gasteiger partial charge in [0.1, 0.15) is 5.54 Å². The molecule has 1 saturated heterocycles. The van der Waals surface area contributed by atoms with Crippen molar-refractivity contribution in [2.45, 2.75) is 30.2 Å². The molecule has 1 aromatic rings. The van der Waals surface area contributed by atoms with Crippen LogP contribution in [0.1, 0.15) is 19.8 Å². The number of thioether (sulfide) groups is 1. The molecule has 1 heterocycles. The summed E-state index contributed by atoms with van der Waals surface area (Å²) in [6.07, 6.45) is 1.23. The zero-order chi connectivity index (χ0) is 14.8. The smallest absolute Gasteiger partial charge is 0.329 e. The Morgan fingerprint density at radius 3 is 2.80 bits per heavy atom. The molecule has 0 radical (unpaired) electrons. The molecule has 4 nitrogen and oxygen atoms in total. The lowest BCUT2D eigenvalue weighted by atomic mass is 9.99. The summed E-state index contributed by atoms with van der Waals surface area (Å²) in [5.74, 6) is -0.893. The molecule has 0 aromatic heterocycles. The third kappa shape index (κ3) is 2.94. The molecule has 0 saturated carbocycles. The molecule has 1 aliphatic heterocycles. The van der Waals surface area contributed by atoms with Crippen LogP contribution in [0, 0.1) is 0 Å². The fraction of sp³-hybridized carbons (Fsp3) is 0.429. The van der Waals surface area contributed by atoms with Crippen LogP contribution in [-0.4, -0.2) is 39.7 Å². The molecule has 0 spiro atoms. The van der Waals surface area contributed by atoms with Crippen molar-refractivity contribution in [1.82, 2.24) is 4.90 Å². The van der Waals surface area contributed by atoms with Crippen molar-refractivity contribution in [3.05, 3.63) is 29.3 Å². The van der Waals surface area contributed by atoms with E-state index in [9.17, 15) is 14.7 Å². The summed E-state index contributed by atoms with van der Waals surface area (Å²) in [6, 6.07) is 7.30. The van der Waals surface area contributed by atoms with Crippen molar-refractivity contribution in [3.8, 4) is 0 Å². The highest BCUT2D eigenvalue weighted by Crippen LogP contribution is 2.32. The third-order valence-corrected chi connectivity index (χ3v) is 5.09. The molecular formula is C14H16ClNO3S. The van der Waals surface area contributed by atoms with Gasteiger partial charge in [0.15, 0.2) is 0 Å². The summed E-state index contributed by atoms with van der Waals surface area (Å²) in [5.41, 5.74) is -1.07. The van der Waals surface area contributed by atoms with E-state index in [0.717, 1.165) is 11.3 Å². The van der Waals surface area contributed by atoms with Gasteiger partial charge in [-0.05, 0) is 31.9 Å². The van der Waals surface area contributed by atoms with Crippen molar-refractivity contribution in [2.24, 2.45) is 0 Å². The van der Waals surface area contributed by atoms with E-state index in [-0.39, 0.29) is 11.7 Å². The van der Waals surface area contributed by atoms with E-state index < -0.39 is 11.5 Å². The normalized spacial score (nSPS) is 22.0. The van der Waals surface area contributed by atoms with Gasteiger partial charge in [0.05, 0.1) is 10.8 Å². The number of likely N-dealkylation sites (tertiary alicyclic amines) is 1. The zero-order valence-corrected chi connectivity index (χ0v) is 12.7. The number of benzene rings is 1. The SMILES string of the molecule is CC1(C(=O)O)CCCN1C(=O)CSc1ccccc1Cl. The van der Waals surface area contributed by atoms with E-state index in [4.69, 9.17) is 11.6 Å². The van der Waals surface area contributed by atoms with Crippen LogP contribution in [0.2, 0.25) is 5.02 Å². The van der Waals surface area contributed by atoms with E-state index in [1.165, 1.54) is 16.7 Å². The van der Waals surface area contributed by atoms with Crippen molar-refractivity contribution in [1.29, 1.82) is 0 Å². The predicted octanol–water partition coefficient (Wildman–Crippen LogP) is 2.90. The van der Waals surface area contributed by atoms with E-state index in [1.54, 1.807) is 13.0 Å². The number of halogens is 1. The van der Waals surface area contributed by atoms with Crippen LogP contribution in [0.3, 0.4) is 0 Å². The fourth-order valence-electron chi connectivity index (χ4n) is 2.36. The average Bonchev–Trinajstić information content (AvgIpc) is 2.81. The van der Waals surface area contributed by atoms with Gasteiger partial charge in [0.2, 0.25) is 5.91 Å². The lowest BCUT2D eigenvalue weighted by Crippen LogP contribution is -2.51. The summed E-state index contributed by atoms with van der Waals surface area (Å²) in [4.78, 5) is 25.9. The van der Waals surface area contributed by atoms with Crippen LogP contribution in [0.4, 0.5) is 0 Å². The first kappa shape index (κ1) is 15.2.